The molecule has 0 fully saturated rings. The van der Waals surface area contributed by atoms with E-state index in [1.165, 1.54) is 18.2 Å². The van der Waals surface area contributed by atoms with E-state index in [4.69, 9.17) is 22.0 Å². The van der Waals surface area contributed by atoms with Crippen LogP contribution in [-0.2, 0) is 0 Å². The van der Waals surface area contributed by atoms with E-state index < -0.39 is 6.09 Å². The molecule has 106 valence electrons. The number of nitrogens with one attached hydrogen (secondary N) is 2. The first-order valence-corrected chi connectivity index (χ1v) is 6.26. The van der Waals surface area contributed by atoms with Gasteiger partial charge in [-0.3, -0.25) is 4.79 Å². The molecular weight excluding hydrogens is 282 g/mol. The maximum Gasteiger partial charge on any atom is 0.404 e. The maximum absolute atomic E-state index is 11.8. The van der Waals surface area contributed by atoms with Crippen molar-refractivity contribution >= 4 is 23.6 Å². The molecule has 0 aliphatic heterocycles. The number of carbonyl (C=O) groups is 2. The van der Waals surface area contributed by atoms with Crippen molar-refractivity contribution in [2.24, 2.45) is 5.92 Å². The van der Waals surface area contributed by atoms with Gasteiger partial charge in [-0.2, -0.15) is 5.26 Å². The van der Waals surface area contributed by atoms with Gasteiger partial charge < -0.3 is 15.7 Å². The minimum Gasteiger partial charge on any atom is -0.465 e. The molecule has 0 saturated heterocycles. The fourth-order valence-electron chi connectivity index (χ4n) is 1.45. The number of hydrogen-bond acceptors (Lipinski definition) is 3. The van der Waals surface area contributed by atoms with Gasteiger partial charge in [0, 0.05) is 18.7 Å². The summed E-state index contributed by atoms with van der Waals surface area (Å²) in [7, 11) is 0. The minimum absolute atomic E-state index is 0.0381. The first kappa shape index (κ1) is 15.8. The summed E-state index contributed by atoms with van der Waals surface area (Å²) in [6.45, 7) is 2.39. The highest BCUT2D eigenvalue weighted by atomic mass is 35.5. The van der Waals surface area contributed by atoms with Crippen LogP contribution in [0.25, 0.3) is 0 Å². The van der Waals surface area contributed by atoms with Gasteiger partial charge in [0.05, 0.1) is 10.6 Å². The predicted molar refractivity (Wildman–Crippen MR) is 73.7 cm³/mol. The molecule has 1 aromatic carbocycles. The van der Waals surface area contributed by atoms with E-state index in [-0.39, 0.29) is 23.4 Å². The van der Waals surface area contributed by atoms with Crippen LogP contribution in [0.4, 0.5) is 4.79 Å². The molecule has 3 N–H and O–H groups in total. The number of carboxylic acid groups (broad SMARTS) is 1. The molecule has 0 spiro atoms. The molecule has 1 aromatic rings. The second-order valence-electron chi connectivity index (χ2n) is 4.31. The van der Waals surface area contributed by atoms with Gasteiger partial charge in [-0.05, 0) is 24.1 Å². The molecule has 1 unspecified atom stereocenters. The summed E-state index contributed by atoms with van der Waals surface area (Å²) >= 11 is 5.84. The summed E-state index contributed by atoms with van der Waals surface area (Å²) in [4.78, 5) is 22.2. The molecule has 20 heavy (non-hydrogen) atoms. The van der Waals surface area contributed by atoms with Gasteiger partial charge >= 0.3 is 6.09 Å². The van der Waals surface area contributed by atoms with Crippen LogP contribution < -0.4 is 10.6 Å². The van der Waals surface area contributed by atoms with E-state index in [0.717, 1.165) is 0 Å². The smallest absolute Gasteiger partial charge is 0.404 e. The summed E-state index contributed by atoms with van der Waals surface area (Å²) in [5.74, 6) is -0.359. The van der Waals surface area contributed by atoms with Crippen LogP contribution in [0.1, 0.15) is 22.8 Å². The van der Waals surface area contributed by atoms with E-state index >= 15 is 0 Å². The molecule has 0 saturated carbocycles. The molecular formula is C13H14ClN3O3. The highest BCUT2D eigenvalue weighted by Crippen LogP contribution is 2.16. The molecule has 0 aliphatic rings. The van der Waals surface area contributed by atoms with Crippen molar-refractivity contribution in [1.82, 2.24) is 10.6 Å². The second kappa shape index (κ2) is 7.36. The Morgan fingerprint density at radius 2 is 2.05 bits per heavy atom. The average molecular weight is 296 g/mol. The Balaban J connectivity index is 2.53. The minimum atomic E-state index is -1.10. The second-order valence-corrected chi connectivity index (χ2v) is 4.71. The van der Waals surface area contributed by atoms with Gasteiger partial charge in [-0.25, -0.2) is 4.79 Å². The zero-order valence-electron chi connectivity index (χ0n) is 10.8. The van der Waals surface area contributed by atoms with Crippen LogP contribution in [0.5, 0.6) is 0 Å². The van der Waals surface area contributed by atoms with Crippen molar-refractivity contribution in [1.29, 1.82) is 5.26 Å². The average Bonchev–Trinajstić information content (AvgIpc) is 2.42. The number of hydrogen-bond donors (Lipinski definition) is 3. The highest BCUT2D eigenvalue weighted by Gasteiger charge is 2.10. The van der Waals surface area contributed by atoms with Crippen molar-refractivity contribution in [2.75, 3.05) is 13.1 Å². The first-order chi connectivity index (χ1) is 9.43. The van der Waals surface area contributed by atoms with E-state index in [0.29, 0.717) is 17.7 Å². The molecule has 0 bridgehead atoms. The Kier molecular flexibility index (Phi) is 5.81. The number of amides is 2. The van der Waals surface area contributed by atoms with Crippen molar-refractivity contribution in [3.8, 4) is 6.07 Å². The predicted octanol–water partition coefficient (Wildman–Crippen LogP) is 1.85. The van der Waals surface area contributed by atoms with Crippen molar-refractivity contribution in [3.05, 3.63) is 34.3 Å². The SMILES string of the molecule is CC(CNC(=O)O)CNC(=O)c1ccc(C#N)c(Cl)c1. The maximum atomic E-state index is 11.8. The lowest BCUT2D eigenvalue weighted by molar-refractivity contribution is 0.0948. The number of nitrogens with zero attached hydrogens (tertiary/aromatic N) is 1. The van der Waals surface area contributed by atoms with Gasteiger partial charge in [-0.15, -0.1) is 0 Å². The van der Waals surface area contributed by atoms with Crippen LogP contribution in [0.2, 0.25) is 5.02 Å². The normalized spacial score (nSPS) is 11.2. The standard InChI is InChI=1S/C13H14ClN3O3/c1-8(7-17-13(19)20)6-16-12(18)9-2-3-10(5-15)11(14)4-9/h2-4,8,17H,6-7H2,1H3,(H,16,18)(H,19,20). The van der Waals surface area contributed by atoms with Gasteiger partial charge in [-0.1, -0.05) is 18.5 Å². The van der Waals surface area contributed by atoms with Gasteiger partial charge in [0.15, 0.2) is 0 Å². The molecule has 0 radical (unpaired) electrons. The number of benzene rings is 1. The quantitative estimate of drug-likeness (QED) is 0.771. The Hall–Kier alpha value is -2.26. The topological polar surface area (TPSA) is 102 Å². The van der Waals surface area contributed by atoms with Crippen molar-refractivity contribution in [2.45, 2.75) is 6.92 Å². The molecule has 0 heterocycles. The Morgan fingerprint density at radius 3 is 2.60 bits per heavy atom. The summed E-state index contributed by atoms with van der Waals surface area (Å²) in [6.07, 6.45) is -1.10. The fraction of sp³-hybridized carbons (Fsp3) is 0.308. The summed E-state index contributed by atoms with van der Waals surface area (Å²) in [5, 5.41) is 22.3. The fourth-order valence-corrected chi connectivity index (χ4v) is 1.67. The van der Waals surface area contributed by atoms with E-state index in [1.54, 1.807) is 0 Å². The van der Waals surface area contributed by atoms with Crippen molar-refractivity contribution < 1.29 is 14.7 Å². The summed E-state index contributed by atoms with van der Waals surface area (Å²) in [6, 6.07) is 6.33. The van der Waals surface area contributed by atoms with Crippen LogP contribution in [0.15, 0.2) is 18.2 Å². The number of nitriles is 1. The number of carbonyl (C=O) groups excluding carboxylic acids is 1. The van der Waals surface area contributed by atoms with Gasteiger partial charge in [0.1, 0.15) is 6.07 Å². The molecule has 0 aliphatic carbocycles. The van der Waals surface area contributed by atoms with E-state index in [2.05, 4.69) is 10.6 Å². The van der Waals surface area contributed by atoms with Gasteiger partial charge in [0.2, 0.25) is 0 Å². The summed E-state index contributed by atoms with van der Waals surface area (Å²) in [5.41, 5.74) is 0.662. The van der Waals surface area contributed by atoms with Gasteiger partial charge in [0.25, 0.3) is 5.91 Å². The molecule has 1 rings (SSSR count). The molecule has 2 amide bonds. The van der Waals surface area contributed by atoms with Crippen molar-refractivity contribution in [3.63, 3.8) is 0 Å². The lowest BCUT2D eigenvalue weighted by atomic mass is 10.1. The largest absolute Gasteiger partial charge is 0.465 e. The molecule has 1 atom stereocenters. The van der Waals surface area contributed by atoms with Crippen LogP contribution in [0.3, 0.4) is 0 Å². The number of rotatable bonds is 5. The van der Waals surface area contributed by atoms with E-state index in [9.17, 15) is 9.59 Å². The first-order valence-electron chi connectivity index (χ1n) is 5.88. The van der Waals surface area contributed by atoms with Crippen LogP contribution >= 0.6 is 11.6 Å². The summed E-state index contributed by atoms with van der Waals surface area (Å²) < 4.78 is 0. The lowest BCUT2D eigenvalue weighted by Crippen LogP contribution is -2.34. The molecule has 6 nitrogen and oxygen atoms in total. The third-order valence-electron chi connectivity index (χ3n) is 2.56. The molecule has 7 heteroatoms. The third kappa shape index (κ3) is 4.78. The zero-order chi connectivity index (χ0) is 15.1. The van der Waals surface area contributed by atoms with Crippen LogP contribution in [0, 0.1) is 17.2 Å². The van der Waals surface area contributed by atoms with Crippen LogP contribution in [-0.4, -0.2) is 30.2 Å². The number of halogens is 1. The third-order valence-corrected chi connectivity index (χ3v) is 2.88. The Morgan fingerprint density at radius 1 is 1.40 bits per heavy atom. The monoisotopic (exact) mass is 295 g/mol. The zero-order valence-corrected chi connectivity index (χ0v) is 11.6. The highest BCUT2D eigenvalue weighted by molar-refractivity contribution is 6.32. The van der Waals surface area contributed by atoms with E-state index in [1.807, 2.05) is 13.0 Å². The lowest BCUT2D eigenvalue weighted by Gasteiger charge is -2.12. The Labute approximate surface area is 121 Å². The Bertz CT molecular complexity index is 554. The molecule has 0 aromatic heterocycles.